The van der Waals surface area contributed by atoms with E-state index in [1.54, 1.807) is 6.92 Å². The van der Waals surface area contributed by atoms with Crippen molar-refractivity contribution in [2.45, 2.75) is 23.5 Å². The third kappa shape index (κ3) is 3.00. The van der Waals surface area contributed by atoms with E-state index in [4.69, 9.17) is 11.6 Å². The summed E-state index contributed by atoms with van der Waals surface area (Å²) in [5, 5.41) is -0.208. The number of sulfone groups is 1. The molecule has 1 heterocycles. The summed E-state index contributed by atoms with van der Waals surface area (Å²) in [5.41, 5.74) is 0. The van der Waals surface area contributed by atoms with Crippen molar-refractivity contribution < 1.29 is 16.8 Å². The fraction of sp³-hybridized carbons (Fsp3) is 0.500. The van der Waals surface area contributed by atoms with Crippen LogP contribution < -0.4 is 0 Å². The summed E-state index contributed by atoms with van der Waals surface area (Å²) in [6, 6.07) is 5.92. The van der Waals surface area contributed by atoms with Crippen molar-refractivity contribution in [1.29, 1.82) is 0 Å². The Hall–Kier alpha value is -0.630. The molecule has 5 nitrogen and oxygen atoms in total. The zero-order valence-electron chi connectivity index (χ0n) is 11.0. The van der Waals surface area contributed by atoms with Gasteiger partial charge in [-0.15, -0.1) is 0 Å². The normalized spacial score (nSPS) is 17.9. The van der Waals surface area contributed by atoms with E-state index < -0.39 is 25.1 Å². The number of nitrogens with zero attached hydrogens (tertiary/aromatic N) is 1. The first-order valence-corrected chi connectivity index (χ1v) is 9.78. The van der Waals surface area contributed by atoms with Gasteiger partial charge in [0, 0.05) is 18.1 Å². The van der Waals surface area contributed by atoms with Crippen LogP contribution in [-0.4, -0.2) is 45.2 Å². The lowest BCUT2D eigenvalue weighted by molar-refractivity contribution is 0.309. The van der Waals surface area contributed by atoms with Crippen molar-refractivity contribution >= 4 is 31.5 Å². The van der Waals surface area contributed by atoms with Gasteiger partial charge in [-0.25, -0.2) is 16.8 Å². The molecule has 0 aliphatic carbocycles. The van der Waals surface area contributed by atoms with E-state index in [2.05, 4.69) is 0 Å². The fourth-order valence-corrected chi connectivity index (χ4v) is 5.58. The highest BCUT2D eigenvalue weighted by Gasteiger charge is 2.43. The molecule has 8 heteroatoms. The highest BCUT2D eigenvalue weighted by Crippen LogP contribution is 2.26. The predicted molar refractivity (Wildman–Crippen MR) is 78.1 cm³/mol. The maximum Gasteiger partial charge on any atom is 0.214 e. The average Bonchev–Trinajstić information content (AvgIpc) is 2.26. The number of benzene rings is 1. The lowest BCUT2D eigenvalue weighted by atomic mass is 10.3. The van der Waals surface area contributed by atoms with Gasteiger partial charge in [0.2, 0.25) is 10.0 Å². The quantitative estimate of drug-likeness (QED) is 0.817. The summed E-state index contributed by atoms with van der Waals surface area (Å²) in [6.45, 7) is 1.85. The first kappa shape index (κ1) is 15.8. The van der Waals surface area contributed by atoms with Crippen LogP contribution in [0.1, 0.15) is 13.3 Å². The molecule has 1 aromatic rings. The molecule has 0 unspecified atom stereocenters. The molecule has 0 amide bonds. The van der Waals surface area contributed by atoms with Crippen molar-refractivity contribution in [3.05, 3.63) is 29.3 Å². The molecule has 0 spiro atoms. The first-order chi connectivity index (χ1) is 9.27. The van der Waals surface area contributed by atoms with Crippen molar-refractivity contribution in [2.24, 2.45) is 0 Å². The highest BCUT2D eigenvalue weighted by atomic mass is 35.5. The molecule has 1 fully saturated rings. The number of sulfonamides is 1. The maximum absolute atomic E-state index is 12.3. The largest absolute Gasteiger partial charge is 0.223 e. The van der Waals surface area contributed by atoms with Gasteiger partial charge in [-0.05, 0) is 30.7 Å². The third-order valence-electron chi connectivity index (χ3n) is 3.25. The van der Waals surface area contributed by atoms with Gasteiger partial charge < -0.3 is 0 Å². The molecule has 0 saturated carbocycles. The predicted octanol–water partition coefficient (Wildman–Crippen LogP) is 1.54. The SMILES string of the molecule is CCCS(=O)(=O)N1CC(S(=O)(=O)c2ccc(Cl)cc2)C1. The molecule has 1 aliphatic heterocycles. The second-order valence-electron chi connectivity index (χ2n) is 4.75. The Morgan fingerprint density at radius 2 is 1.70 bits per heavy atom. The van der Waals surface area contributed by atoms with E-state index in [1.807, 2.05) is 0 Å². The zero-order valence-corrected chi connectivity index (χ0v) is 13.4. The summed E-state index contributed by atoms with van der Waals surface area (Å²) >= 11 is 5.72. The van der Waals surface area contributed by atoms with Gasteiger partial charge >= 0.3 is 0 Å². The van der Waals surface area contributed by atoms with Crippen LogP contribution in [0.2, 0.25) is 5.02 Å². The Labute approximate surface area is 124 Å². The Kier molecular flexibility index (Phi) is 4.44. The van der Waals surface area contributed by atoms with Crippen LogP contribution in [0.4, 0.5) is 0 Å². The van der Waals surface area contributed by atoms with Gasteiger partial charge in [-0.2, -0.15) is 4.31 Å². The minimum atomic E-state index is -3.49. The molecule has 0 aromatic heterocycles. The van der Waals surface area contributed by atoms with Crippen molar-refractivity contribution in [3.8, 4) is 0 Å². The van der Waals surface area contributed by atoms with Crippen molar-refractivity contribution in [1.82, 2.24) is 4.31 Å². The van der Waals surface area contributed by atoms with Crippen LogP contribution in [0, 0.1) is 0 Å². The molecule has 20 heavy (non-hydrogen) atoms. The Balaban J connectivity index is 2.10. The van der Waals surface area contributed by atoms with Gasteiger partial charge in [0.1, 0.15) is 0 Å². The van der Waals surface area contributed by atoms with Crippen LogP contribution in [0.5, 0.6) is 0 Å². The topological polar surface area (TPSA) is 71.5 Å². The molecule has 0 bridgehead atoms. The van der Waals surface area contributed by atoms with Gasteiger partial charge in [0.05, 0.1) is 15.9 Å². The third-order valence-corrected chi connectivity index (χ3v) is 7.62. The van der Waals surface area contributed by atoms with Crippen LogP contribution in [0.25, 0.3) is 0 Å². The number of halogens is 1. The van der Waals surface area contributed by atoms with Crippen LogP contribution >= 0.6 is 11.6 Å². The smallest absolute Gasteiger partial charge is 0.214 e. The molecule has 0 N–H and O–H groups in total. The Morgan fingerprint density at radius 3 is 2.20 bits per heavy atom. The zero-order chi connectivity index (χ0) is 15.0. The van der Waals surface area contributed by atoms with E-state index in [0.717, 1.165) is 0 Å². The minimum absolute atomic E-state index is 0.0350. The molecule has 2 rings (SSSR count). The van der Waals surface area contributed by atoms with Gasteiger partial charge in [0.15, 0.2) is 9.84 Å². The minimum Gasteiger partial charge on any atom is -0.223 e. The second-order valence-corrected chi connectivity index (χ2v) is 9.51. The number of hydrogen-bond donors (Lipinski definition) is 0. The lowest BCUT2D eigenvalue weighted by Gasteiger charge is -2.37. The number of hydrogen-bond acceptors (Lipinski definition) is 4. The Bertz CT molecular complexity index is 677. The van der Waals surface area contributed by atoms with Gasteiger partial charge in [0.25, 0.3) is 0 Å². The molecule has 0 radical (unpaired) electrons. The van der Waals surface area contributed by atoms with E-state index >= 15 is 0 Å². The van der Waals surface area contributed by atoms with E-state index in [0.29, 0.717) is 11.4 Å². The summed E-state index contributed by atoms with van der Waals surface area (Å²) in [6.07, 6.45) is 0.521. The second kappa shape index (κ2) is 5.63. The van der Waals surface area contributed by atoms with E-state index in [1.165, 1.54) is 28.6 Å². The summed E-state index contributed by atoms with van der Waals surface area (Å²) in [5.74, 6) is 0.0563. The molecular formula is C12H16ClNO4S2. The van der Waals surface area contributed by atoms with E-state index in [-0.39, 0.29) is 23.7 Å². The Morgan fingerprint density at radius 1 is 1.15 bits per heavy atom. The van der Waals surface area contributed by atoms with Crippen LogP contribution in [0.15, 0.2) is 29.2 Å². The van der Waals surface area contributed by atoms with Crippen molar-refractivity contribution in [3.63, 3.8) is 0 Å². The monoisotopic (exact) mass is 337 g/mol. The van der Waals surface area contributed by atoms with Gasteiger partial charge in [-0.3, -0.25) is 0 Å². The average molecular weight is 338 g/mol. The maximum atomic E-state index is 12.3. The standard InChI is InChI=1S/C12H16ClNO4S2/c1-2-7-19(15,16)14-8-12(9-14)20(17,18)11-5-3-10(13)4-6-11/h3-6,12H,2,7-9H2,1H3. The molecule has 0 atom stereocenters. The summed E-state index contributed by atoms with van der Waals surface area (Å²) in [7, 11) is -6.80. The van der Waals surface area contributed by atoms with Crippen molar-refractivity contribution in [2.75, 3.05) is 18.8 Å². The molecule has 1 saturated heterocycles. The molecule has 1 aromatic carbocycles. The molecular weight excluding hydrogens is 322 g/mol. The summed E-state index contributed by atoms with van der Waals surface area (Å²) in [4.78, 5) is 0.180. The lowest BCUT2D eigenvalue weighted by Crippen LogP contribution is -2.57. The fourth-order valence-electron chi connectivity index (χ4n) is 2.03. The molecule has 112 valence electrons. The molecule has 1 aliphatic rings. The number of rotatable bonds is 5. The highest BCUT2D eigenvalue weighted by molar-refractivity contribution is 7.92. The van der Waals surface area contributed by atoms with Crippen LogP contribution in [0.3, 0.4) is 0 Å². The van der Waals surface area contributed by atoms with E-state index in [9.17, 15) is 16.8 Å². The first-order valence-electron chi connectivity index (χ1n) is 6.24. The summed E-state index contributed by atoms with van der Waals surface area (Å²) < 4.78 is 49.4. The van der Waals surface area contributed by atoms with Crippen LogP contribution in [-0.2, 0) is 19.9 Å². The van der Waals surface area contributed by atoms with Gasteiger partial charge in [-0.1, -0.05) is 18.5 Å².